The van der Waals surface area contributed by atoms with Crippen LogP contribution in [-0.2, 0) is 32.2 Å². The first-order chi connectivity index (χ1) is 17.7. The van der Waals surface area contributed by atoms with Crippen LogP contribution in [0.15, 0.2) is 60.7 Å². The van der Waals surface area contributed by atoms with E-state index in [-0.39, 0.29) is 25.2 Å². The summed E-state index contributed by atoms with van der Waals surface area (Å²) >= 11 is 0. The molecule has 7 heteroatoms. The first-order valence-electron chi connectivity index (χ1n) is 12.9. The van der Waals surface area contributed by atoms with Gasteiger partial charge in [-0.3, -0.25) is 9.69 Å². The van der Waals surface area contributed by atoms with Crippen molar-refractivity contribution in [3.8, 4) is 11.1 Å². The van der Waals surface area contributed by atoms with E-state index >= 15 is 0 Å². The highest BCUT2D eigenvalue weighted by Crippen LogP contribution is 2.31. The van der Waals surface area contributed by atoms with Crippen molar-refractivity contribution in [2.45, 2.75) is 57.1 Å². The summed E-state index contributed by atoms with van der Waals surface area (Å²) in [5, 5.41) is 18.4. The number of aliphatic carboxylic acids is 1. The Morgan fingerprint density at radius 1 is 1.03 bits per heavy atom. The third-order valence-corrected chi connectivity index (χ3v) is 7.00. The van der Waals surface area contributed by atoms with E-state index in [1.165, 1.54) is 0 Å². The SMILES string of the molecule is O=C(O)CCC=CCO[C@H]1[C@H](OCc2ccc(-c3ccccc3CO)cc2)CC[C@@H]1N1CCOCC1. The number of hydrogen-bond donors (Lipinski definition) is 2. The lowest BCUT2D eigenvalue weighted by Crippen LogP contribution is -2.49. The van der Waals surface area contributed by atoms with Crippen LogP contribution >= 0.6 is 0 Å². The summed E-state index contributed by atoms with van der Waals surface area (Å²) in [5.74, 6) is -0.789. The van der Waals surface area contributed by atoms with Crippen LogP contribution in [0.5, 0.6) is 0 Å². The number of aliphatic hydroxyl groups excluding tert-OH is 1. The molecular weight excluding hydrogens is 458 g/mol. The zero-order chi connectivity index (χ0) is 25.2. The van der Waals surface area contributed by atoms with Gasteiger partial charge >= 0.3 is 5.97 Å². The number of allylic oxidation sites excluding steroid dienone is 1. The van der Waals surface area contributed by atoms with Gasteiger partial charge in [-0.05, 0) is 41.5 Å². The highest BCUT2D eigenvalue weighted by molar-refractivity contribution is 5.67. The maximum atomic E-state index is 10.7. The standard InChI is InChI=1S/C29H37NO6/c31-20-24-6-3-4-7-25(24)23-11-9-22(10-12-23)21-36-27-14-13-26(30-15-18-34-19-16-30)29(27)35-17-5-1-2-8-28(32)33/h1,3-7,9-12,26-27,29,31H,2,8,13-21H2,(H,32,33)/t26-,27+,29+/m0/s1. The van der Waals surface area contributed by atoms with Gasteiger partial charge in [0.25, 0.3) is 0 Å². The average Bonchev–Trinajstić information content (AvgIpc) is 3.32. The van der Waals surface area contributed by atoms with Crippen molar-refractivity contribution in [2.75, 3.05) is 32.9 Å². The Labute approximate surface area is 213 Å². The van der Waals surface area contributed by atoms with E-state index in [0.717, 1.165) is 61.4 Å². The number of rotatable bonds is 12. The van der Waals surface area contributed by atoms with Gasteiger partial charge in [-0.25, -0.2) is 0 Å². The summed E-state index contributed by atoms with van der Waals surface area (Å²) in [6.45, 7) is 4.28. The van der Waals surface area contributed by atoms with E-state index < -0.39 is 5.97 Å². The molecule has 1 saturated heterocycles. The van der Waals surface area contributed by atoms with Gasteiger partial charge in [0.05, 0.1) is 45.2 Å². The average molecular weight is 496 g/mol. The Hall–Kier alpha value is -2.55. The summed E-state index contributed by atoms with van der Waals surface area (Å²) in [6, 6.07) is 16.5. The topological polar surface area (TPSA) is 88.5 Å². The minimum absolute atomic E-state index is 0.0000518. The second kappa shape index (κ2) is 13.7. The molecule has 2 fully saturated rings. The maximum Gasteiger partial charge on any atom is 0.303 e. The Balaban J connectivity index is 1.36. The number of nitrogens with zero attached hydrogens (tertiary/aromatic N) is 1. The first kappa shape index (κ1) is 26.5. The van der Waals surface area contributed by atoms with Crippen LogP contribution in [0.1, 0.15) is 36.8 Å². The Kier molecular flexibility index (Phi) is 10.1. The predicted molar refractivity (Wildman–Crippen MR) is 138 cm³/mol. The Morgan fingerprint density at radius 3 is 2.56 bits per heavy atom. The Morgan fingerprint density at radius 2 is 1.81 bits per heavy atom. The van der Waals surface area contributed by atoms with Gasteiger partial charge in [0.15, 0.2) is 0 Å². The molecular formula is C29H37NO6. The number of carbonyl (C=O) groups is 1. The smallest absolute Gasteiger partial charge is 0.303 e. The molecule has 2 aromatic carbocycles. The fraction of sp³-hybridized carbons (Fsp3) is 0.483. The molecule has 0 unspecified atom stereocenters. The van der Waals surface area contributed by atoms with E-state index in [0.29, 0.717) is 25.7 Å². The van der Waals surface area contributed by atoms with Crippen molar-refractivity contribution < 1.29 is 29.2 Å². The quantitative estimate of drug-likeness (QED) is 0.430. The molecule has 1 heterocycles. The van der Waals surface area contributed by atoms with Crippen molar-refractivity contribution in [1.29, 1.82) is 0 Å². The van der Waals surface area contributed by atoms with E-state index in [1.807, 2.05) is 36.4 Å². The second-order valence-electron chi connectivity index (χ2n) is 9.36. The van der Waals surface area contributed by atoms with Crippen LogP contribution in [0.4, 0.5) is 0 Å². The zero-order valence-electron chi connectivity index (χ0n) is 20.8. The van der Waals surface area contributed by atoms with Crippen molar-refractivity contribution in [3.05, 3.63) is 71.8 Å². The van der Waals surface area contributed by atoms with Crippen LogP contribution in [0, 0.1) is 0 Å². The van der Waals surface area contributed by atoms with Crippen LogP contribution in [-0.4, -0.2) is 72.2 Å². The molecule has 2 N–H and O–H groups in total. The maximum absolute atomic E-state index is 10.7. The molecule has 1 aliphatic carbocycles. The van der Waals surface area contributed by atoms with Gasteiger partial charge < -0.3 is 24.4 Å². The highest BCUT2D eigenvalue weighted by atomic mass is 16.5. The number of carboxylic acid groups (broad SMARTS) is 1. The minimum Gasteiger partial charge on any atom is -0.481 e. The molecule has 3 atom stereocenters. The minimum atomic E-state index is -0.789. The molecule has 1 saturated carbocycles. The molecule has 2 aromatic rings. The largest absolute Gasteiger partial charge is 0.481 e. The molecule has 0 bridgehead atoms. The lowest BCUT2D eigenvalue weighted by atomic mass is 9.99. The second-order valence-corrected chi connectivity index (χ2v) is 9.36. The fourth-order valence-corrected chi connectivity index (χ4v) is 5.09. The van der Waals surface area contributed by atoms with E-state index in [1.54, 1.807) is 0 Å². The van der Waals surface area contributed by atoms with Gasteiger partial charge in [-0.2, -0.15) is 0 Å². The van der Waals surface area contributed by atoms with Gasteiger partial charge in [-0.1, -0.05) is 60.7 Å². The summed E-state index contributed by atoms with van der Waals surface area (Å²) in [5.41, 5.74) is 4.13. The molecule has 0 radical (unpaired) electrons. The lowest BCUT2D eigenvalue weighted by Gasteiger charge is -2.36. The molecule has 36 heavy (non-hydrogen) atoms. The number of aliphatic hydroxyl groups is 1. The Bertz CT molecular complexity index is 986. The molecule has 0 spiro atoms. The third kappa shape index (κ3) is 7.24. The molecule has 7 nitrogen and oxygen atoms in total. The number of benzene rings is 2. The van der Waals surface area contributed by atoms with E-state index in [9.17, 15) is 9.90 Å². The fourth-order valence-electron chi connectivity index (χ4n) is 5.09. The number of carboxylic acids is 1. The van der Waals surface area contributed by atoms with E-state index in [2.05, 4.69) is 29.2 Å². The van der Waals surface area contributed by atoms with E-state index in [4.69, 9.17) is 19.3 Å². The van der Waals surface area contributed by atoms with Gasteiger partial charge in [0.2, 0.25) is 0 Å². The number of morpholine rings is 1. The predicted octanol–water partition coefficient (Wildman–Crippen LogP) is 4.03. The van der Waals surface area contributed by atoms with Gasteiger partial charge in [0.1, 0.15) is 0 Å². The molecule has 0 amide bonds. The van der Waals surface area contributed by atoms with Crippen LogP contribution in [0.3, 0.4) is 0 Å². The lowest BCUT2D eigenvalue weighted by molar-refractivity contribution is -0.136. The monoisotopic (exact) mass is 495 g/mol. The van der Waals surface area contributed by atoms with Crippen LogP contribution < -0.4 is 0 Å². The highest BCUT2D eigenvalue weighted by Gasteiger charge is 2.41. The zero-order valence-corrected chi connectivity index (χ0v) is 20.8. The molecule has 1 aliphatic heterocycles. The molecule has 194 valence electrons. The van der Waals surface area contributed by atoms with Crippen molar-refractivity contribution in [1.82, 2.24) is 4.90 Å². The summed E-state index contributed by atoms with van der Waals surface area (Å²) in [7, 11) is 0. The molecule has 0 aromatic heterocycles. The summed E-state index contributed by atoms with van der Waals surface area (Å²) in [4.78, 5) is 13.2. The van der Waals surface area contributed by atoms with Crippen LogP contribution in [0.25, 0.3) is 11.1 Å². The summed E-state index contributed by atoms with van der Waals surface area (Å²) in [6.07, 6.45) is 6.35. The normalized spacial score (nSPS) is 22.9. The number of hydrogen-bond acceptors (Lipinski definition) is 6. The third-order valence-electron chi connectivity index (χ3n) is 7.00. The number of ether oxygens (including phenoxy) is 3. The van der Waals surface area contributed by atoms with Gasteiger partial charge in [0, 0.05) is 25.6 Å². The van der Waals surface area contributed by atoms with Gasteiger partial charge in [-0.15, -0.1) is 0 Å². The van der Waals surface area contributed by atoms with Crippen molar-refractivity contribution in [2.24, 2.45) is 0 Å². The molecule has 4 rings (SSSR count). The van der Waals surface area contributed by atoms with Crippen LogP contribution in [0.2, 0.25) is 0 Å². The molecule has 2 aliphatic rings. The van der Waals surface area contributed by atoms with Crippen molar-refractivity contribution in [3.63, 3.8) is 0 Å². The van der Waals surface area contributed by atoms with Crippen molar-refractivity contribution >= 4 is 5.97 Å². The summed E-state index contributed by atoms with van der Waals surface area (Å²) < 4.78 is 18.3. The first-order valence-corrected chi connectivity index (χ1v) is 12.9.